The van der Waals surface area contributed by atoms with Gasteiger partial charge in [0.2, 0.25) is 0 Å². The fourth-order valence-electron chi connectivity index (χ4n) is 1.95. The lowest BCUT2D eigenvalue weighted by Crippen LogP contribution is -2.40. The molecule has 0 bridgehead atoms. The first-order valence-electron chi connectivity index (χ1n) is 6.16. The maximum absolute atomic E-state index is 11.6. The molecule has 0 spiro atoms. The first-order chi connectivity index (χ1) is 9.02. The van der Waals surface area contributed by atoms with Gasteiger partial charge in [0, 0.05) is 5.69 Å². The van der Waals surface area contributed by atoms with Gasteiger partial charge < -0.3 is 10.4 Å². The maximum Gasteiger partial charge on any atom is 0.333 e. The van der Waals surface area contributed by atoms with Crippen LogP contribution in [0.25, 0.3) is 0 Å². The summed E-state index contributed by atoms with van der Waals surface area (Å²) in [4.78, 5) is 11.6. The average molecular weight is 255 g/mol. The first-order valence-corrected chi connectivity index (χ1v) is 6.16. The molecule has 2 rings (SSSR count). The smallest absolute Gasteiger partial charge is 0.333 e. The molecule has 0 saturated heterocycles. The highest BCUT2D eigenvalue weighted by Gasteiger charge is 2.34. The van der Waals surface area contributed by atoms with E-state index in [1.54, 1.807) is 6.92 Å². The van der Waals surface area contributed by atoms with Gasteiger partial charge in [-0.1, -0.05) is 48.0 Å². The molecule has 0 aliphatic carbocycles. The second-order valence-electron chi connectivity index (χ2n) is 4.79. The summed E-state index contributed by atoms with van der Waals surface area (Å²) in [7, 11) is 0. The summed E-state index contributed by atoms with van der Waals surface area (Å²) in [6, 6.07) is 16.9. The lowest BCUT2D eigenvalue weighted by Gasteiger charge is -2.28. The molecule has 0 heterocycles. The highest BCUT2D eigenvalue weighted by molar-refractivity contribution is 5.84. The summed E-state index contributed by atoms with van der Waals surface area (Å²) in [6.07, 6.45) is 0. The van der Waals surface area contributed by atoms with Crippen molar-refractivity contribution >= 4 is 11.7 Å². The molecule has 0 aromatic heterocycles. The Balaban J connectivity index is 2.36. The quantitative estimate of drug-likeness (QED) is 0.880. The fourth-order valence-corrected chi connectivity index (χ4v) is 1.95. The third-order valence-electron chi connectivity index (χ3n) is 3.22. The number of nitrogens with one attached hydrogen (secondary N) is 1. The van der Waals surface area contributed by atoms with Crippen LogP contribution in [0.2, 0.25) is 0 Å². The van der Waals surface area contributed by atoms with Gasteiger partial charge in [0.05, 0.1) is 0 Å². The van der Waals surface area contributed by atoms with Gasteiger partial charge in [-0.05, 0) is 31.5 Å². The van der Waals surface area contributed by atoms with Crippen LogP contribution in [0.5, 0.6) is 0 Å². The molecule has 98 valence electrons. The van der Waals surface area contributed by atoms with Crippen LogP contribution < -0.4 is 5.32 Å². The Bertz CT molecular complexity index is 563. The van der Waals surface area contributed by atoms with Gasteiger partial charge >= 0.3 is 5.97 Å². The van der Waals surface area contributed by atoms with Crippen LogP contribution in [0.1, 0.15) is 18.1 Å². The molecule has 0 fully saturated rings. The van der Waals surface area contributed by atoms with E-state index in [4.69, 9.17) is 0 Å². The molecular weight excluding hydrogens is 238 g/mol. The summed E-state index contributed by atoms with van der Waals surface area (Å²) >= 11 is 0. The van der Waals surface area contributed by atoms with Crippen molar-refractivity contribution in [3.05, 3.63) is 65.7 Å². The number of rotatable bonds is 4. The number of carboxylic acid groups (broad SMARTS) is 1. The normalized spacial score (nSPS) is 13.6. The Labute approximate surface area is 112 Å². The minimum Gasteiger partial charge on any atom is -0.479 e. The van der Waals surface area contributed by atoms with Gasteiger partial charge in [-0.2, -0.15) is 0 Å². The van der Waals surface area contributed by atoms with Crippen LogP contribution in [0.3, 0.4) is 0 Å². The van der Waals surface area contributed by atoms with E-state index >= 15 is 0 Å². The average Bonchev–Trinajstić information content (AvgIpc) is 2.42. The number of anilines is 1. The molecule has 0 amide bonds. The van der Waals surface area contributed by atoms with Crippen LogP contribution in [0.4, 0.5) is 5.69 Å². The minimum atomic E-state index is -1.14. The molecular formula is C16H17NO2. The molecule has 1 unspecified atom stereocenters. The third-order valence-corrected chi connectivity index (χ3v) is 3.22. The molecule has 2 N–H and O–H groups in total. The van der Waals surface area contributed by atoms with E-state index in [2.05, 4.69) is 5.32 Å². The zero-order valence-corrected chi connectivity index (χ0v) is 11.1. The molecule has 1 atom stereocenters. The molecule has 2 aromatic rings. The summed E-state index contributed by atoms with van der Waals surface area (Å²) in [5.41, 5.74) is 1.51. The van der Waals surface area contributed by atoms with Crippen LogP contribution in [0.15, 0.2) is 54.6 Å². The van der Waals surface area contributed by atoms with Crippen molar-refractivity contribution < 1.29 is 9.90 Å². The van der Waals surface area contributed by atoms with Gasteiger partial charge in [-0.15, -0.1) is 0 Å². The Morgan fingerprint density at radius 1 is 1.05 bits per heavy atom. The Hall–Kier alpha value is -2.29. The van der Waals surface area contributed by atoms with Gasteiger partial charge in [-0.3, -0.25) is 0 Å². The fraction of sp³-hybridized carbons (Fsp3) is 0.188. The van der Waals surface area contributed by atoms with Crippen LogP contribution in [-0.4, -0.2) is 11.1 Å². The van der Waals surface area contributed by atoms with Gasteiger partial charge in [0.25, 0.3) is 0 Å². The molecule has 3 heteroatoms. The van der Waals surface area contributed by atoms with Gasteiger partial charge in [0.1, 0.15) is 0 Å². The zero-order valence-electron chi connectivity index (χ0n) is 11.1. The number of hydrogen-bond acceptors (Lipinski definition) is 2. The monoisotopic (exact) mass is 255 g/mol. The second-order valence-corrected chi connectivity index (χ2v) is 4.79. The predicted octanol–water partition coefficient (Wildman–Crippen LogP) is 3.41. The number of hydrogen-bond donors (Lipinski definition) is 2. The SMILES string of the molecule is Cc1ccc(NC(C)(C(=O)O)c2ccccc2)cc1. The number of aliphatic carboxylic acids is 1. The molecule has 0 radical (unpaired) electrons. The van der Waals surface area contributed by atoms with Gasteiger partial charge in [0.15, 0.2) is 5.54 Å². The molecule has 2 aromatic carbocycles. The van der Waals surface area contributed by atoms with Crippen molar-refractivity contribution in [2.24, 2.45) is 0 Å². The van der Waals surface area contributed by atoms with E-state index in [0.717, 1.165) is 16.8 Å². The Morgan fingerprint density at radius 3 is 2.16 bits per heavy atom. The number of benzene rings is 2. The predicted molar refractivity (Wildman–Crippen MR) is 76.2 cm³/mol. The summed E-state index contributed by atoms with van der Waals surface area (Å²) in [5.74, 6) is -0.903. The van der Waals surface area contributed by atoms with E-state index in [0.29, 0.717) is 0 Å². The van der Waals surface area contributed by atoms with Crippen LogP contribution >= 0.6 is 0 Å². The molecule has 0 aliphatic rings. The topological polar surface area (TPSA) is 49.3 Å². The first kappa shape index (κ1) is 13.1. The number of aryl methyl sites for hydroxylation is 1. The van der Waals surface area contributed by atoms with E-state index in [1.165, 1.54) is 0 Å². The molecule has 0 saturated carbocycles. The maximum atomic E-state index is 11.6. The van der Waals surface area contributed by atoms with Crippen molar-refractivity contribution in [3.8, 4) is 0 Å². The highest BCUT2D eigenvalue weighted by Crippen LogP contribution is 2.26. The summed E-state index contributed by atoms with van der Waals surface area (Å²) in [6.45, 7) is 3.67. The second kappa shape index (κ2) is 5.14. The summed E-state index contributed by atoms with van der Waals surface area (Å²) < 4.78 is 0. The zero-order chi connectivity index (χ0) is 13.9. The van der Waals surface area contributed by atoms with Crippen molar-refractivity contribution in [2.45, 2.75) is 19.4 Å². The molecule has 3 nitrogen and oxygen atoms in total. The van der Waals surface area contributed by atoms with Crippen molar-refractivity contribution in [1.29, 1.82) is 0 Å². The standard InChI is InChI=1S/C16H17NO2/c1-12-8-10-14(11-9-12)17-16(2,15(18)19)13-6-4-3-5-7-13/h3-11,17H,1-2H3,(H,18,19). The number of carboxylic acids is 1. The largest absolute Gasteiger partial charge is 0.479 e. The van der Waals surface area contributed by atoms with Crippen molar-refractivity contribution in [1.82, 2.24) is 0 Å². The van der Waals surface area contributed by atoms with Crippen molar-refractivity contribution in [3.63, 3.8) is 0 Å². The highest BCUT2D eigenvalue weighted by atomic mass is 16.4. The van der Waals surface area contributed by atoms with E-state index in [9.17, 15) is 9.90 Å². The van der Waals surface area contributed by atoms with Crippen molar-refractivity contribution in [2.75, 3.05) is 5.32 Å². The summed E-state index contributed by atoms with van der Waals surface area (Å²) in [5, 5.41) is 12.6. The van der Waals surface area contributed by atoms with E-state index < -0.39 is 11.5 Å². The van der Waals surface area contributed by atoms with E-state index in [-0.39, 0.29) is 0 Å². The third kappa shape index (κ3) is 2.76. The Morgan fingerprint density at radius 2 is 1.63 bits per heavy atom. The minimum absolute atomic E-state index is 0.725. The van der Waals surface area contributed by atoms with Gasteiger partial charge in [-0.25, -0.2) is 4.79 Å². The molecule has 0 aliphatic heterocycles. The molecule has 19 heavy (non-hydrogen) atoms. The lowest BCUT2D eigenvalue weighted by molar-refractivity contribution is -0.142. The van der Waals surface area contributed by atoms with E-state index in [1.807, 2.05) is 61.5 Å². The van der Waals surface area contributed by atoms with Crippen LogP contribution in [-0.2, 0) is 10.3 Å². The lowest BCUT2D eigenvalue weighted by atomic mass is 9.91. The number of carbonyl (C=O) groups is 1. The van der Waals surface area contributed by atoms with Crippen LogP contribution in [0, 0.1) is 6.92 Å². The Kier molecular flexibility index (Phi) is 3.56.